The molecule has 0 amide bonds. The van der Waals surface area contributed by atoms with Crippen LogP contribution >= 0.6 is 11.3 Å². The molecule has 22 heavy (non-hydrogen) atoms. The van der Waals surface area contributed by atoms with Gasteiger partial charge in [-0.2, -0.15) is 9.61 Å². The van der Waals surface area contributed by atoms with Gasteiger partial charge in [-0.25, -0.2) is 0 Å². The summed E-state index contributed by atoms with van der Waals surface area (Å²) in [6.07, 6.45) is 4.63. The smallest absolute Gasteiger partial charge is 0.234 e. The highest BCUT2D eigenvalue weighted by Gasteiger charge is 2.10. The van der Waals surface area contributed by atoms with E-state index in [4.69, 9.17) is 9.47 Å². The lowest BCUT2D eigenvalue weighted by molar-refractivity contribution is 0.200. The first kappa shape index (κ1) is 14.7. The Hall–Kier alpha value is -2.25. The van der Waals surface area contributed by atoms with E-state index in [9.17, 15) is 0 Å². The minimum absolute atomic E-state index is 0.602. The van der Waals surface area contributed by atoms with Gasteiger partial charge >= 0.3 is 0 Å². The molecule has 3 rings (SSSR count). The number of hydrogen-bond donors (Lipinski definition) is 0. The highest BCUT2D eigenvalue weighted by atomic mass is 32.1. The van der Waals surface area contributed by atoms with E-state index in [-0.39, 0.29) is 0 Å². The van der Waals surface area contributed by atoms with Crippen LogP contribution < -0.4 is 4.74 Å². The molecule has 0 bridgehead atoms. The molecule has 0 fully saturated rings. The minimum atomic E-state index is 0.602. The Balaban J connectivity index is 1.84. The molecule has 3 aromatic rings. The third-order valence-electron chi connectivity index (χ3n) is 3.15. The summed E-state index contributed by atoms with van der Waals surface area (Å²) in [7, 11) is 3.33. The zero-order valence-corrected chi connectivity index (χ0v) is 13.2. The van der Waals surface area contributed by atoms with E-state index in [1.165, 1.54) is 11.3 Å². The van der Waals surface area contributed by atoms with Crippen LogP contribution in [0.2, 0.25) is 0 Å². The van der Waals surface area contributed by atoms with Crippen molar-refractivity contribution in [1.82, 2.24) is 19.8 Å². The molecule has 0 atom stereocenters. The highest BCUT2D eigenvalue weighted by molar-refractivity contribution is 7.17. The summed E-state index contributed by atoms with van der Waals surface area (Å²) in [5.41, 5.74) is 1.01. The van der Waals surface area contributed by atoms with Crippen molar-refractivity contribution in [2.45, 2.75) is 6.42 Å². The first-order valence-electron chi connectivity index (χ1n) is 6.83. The lowest BCUT2D eigenvalue weighted by Gasteiger charge is -2.02. The summed E-state index contributed by atoms with van der Waals surface area (Å²) >= 11 is 1.49. The van der Waals surface area contributed by atoms with Crippen molar-refractivity contribution in [3.63, 3.8) is 0 Å². The molecule has 7 heteroatoms. The normalized spacial score (nSPS) is 11.5. The van der Waals surface area contributed by atoms with Crippen LogP contribution in [-0.2, 0) is 11.2 Å². The maximum Gasteiger partial charge on any atom is 0.234 e. The van der Waals surface area contributed by atoms with Gasteiger partial charge in [-0.05, 0) is 18.2 Å². The molecular weight excluding hydrogens is 300 g/mol. The number of rotatable bonds is 6. The molecule has 2 heterocycles. The fraction of sp³-hybridized carbons (Fsp3) is 0.267. The zero-order valence-electron chi connectivity index (χ0n) is 12.4. The van der Waals surface area contributed by atoms with Crippen LogP contribution in [-0.4, -0.2) is 40.6 Å². The van der Waals surface area contributed by atoms with Crippen LogP contribution in [0, 0.1) is 0 Å². The average Bonchev–Trinajstić information content (AvgIpc) is 3.11. The molecule has 0 aliphatic carbocycles. The first-order valence-corrected chi connectivity index (χ1v) is 7.64. The molecule has 0 spiro atoms. The van der Waals surface area contributed by atoms with E-state index < -0.39 is 0 Å². The predicted octanol–water partition coefficient (Wildman–Crippen LogP) is 2.55. The summed E-state index contributed by atoms with van der Waals surface area (Å²) in [6, 6.07) is 7.85. The van der Waals surface area contributed by atoms with E-state index in [1.54, 1.807) is 18.7 Å². The Morgan fingerprint density at radius 1 is 1.18 bits per heavy atom. The van der Waals surface area contributed by atoms with Crippen molar-refractivity contribution in [3.8, 4) is 5.75 Å². The highest BCUT2D eigenvalue weighted by Crippen LogP contribution is 2.21. The van der Waals surface area contributed by atoms with E-state index in [0.717, 1.165) is 27.1 Å². The van der Waals surface area contributed by atoms with Crippen molar-refractivity contribution < 1.29 is 9.47 Å². The molecule has 0 N–H and O–H groups in total. The van der Waals surface area contributed by atoms with Crippen molar-refractivity contribution in [1.29, 1.82) is 0 Å². The molecule has 0 aliphatic rings. The van der Waals surface area contributed by atoms with Gasteiger partial charge in [0, 0.05) is 19.1 Å². The van der Waals surface area contributed by atoms with Gasteiger partial charge in [0.15, 0.2) is 5.82 Å². The molecular formula is C15H16N4O2S. The Labute approximate surface area is 132 Å². The van der Waals surface area contributed by atoms with E-state index in [0.29, 0.717) is 13.0 Å². The van der Waals surface area contributed by atoms with Crippen LogP contribution in [0.15, 0.2) is 24.3 Å². The Morgan fingerprint density at radius 2 is 2.05 bits per heavy atom. The number of para-hydroxylation sites is 1. The molecule has 0 unspecified atom stereocenters. The van der Waals surface area contributed by atoms with Crippen molar-refractivity contribution in [2.24, 2.45) is 0 Å². The topological polar surface area (TPSA) is 61.5 Å². The van der Waals surface area contributed by atoms with Crippen LogP contribution in [0.5, 0.6) is 5.75 Å². The molecule has 0 aliphatic heterocycles. The van der Waals surface area contributed by atoms with Crippen molar-refractivity contribution >= 4 is 28.4 Å². The summed E-state index contributed by atoms with van der Waals surface area (Å²) in [6.45, 7) is 0.602. The van der Waals surface area contributed by atoms with E-state index in [1.807, 2.05) is 36.4 Å². The Morgan fingerprint density at radius 3 is 2.86 bits per heavy atom. The predicted molar refractivity (Wildman–Crippen MR) is 86.2 cm³/mol. The van der Waals surface area contributed by atoms with Crippen LogP contribution in [0.3, 0.4) is 0 Å². The lowest BCUT2D eigenvalue weighted by Crippen LogP contribution is -2.01. The van der Waals surface area contributed by atoms with E-state index in [2.05, 4.69) is 15.3 Å². The lowest BCUT2D eigenvalue weighted by atomic mass is 10.2. The van der Waals surface area contributed by atoms with Gasteiger partial charge in [-0.15, -0.1) is 10.2 Å². The van der Waals surface area contributed by atoms with Crippen molar-refractivity contribution in [2.75, 3.05) is 20.8 Å². The first-order chi connectivity index (χ1) is 10.8. The van der Waals surface area contributed by atoms with Gasteiger partial charge in [-0.3, -0.25) is 0 Å². The van der Waals surface area contributed by atoms with Crippen LogP contribution in [0.1, 0.15) is 16.4 Å². The molecule has 0 saturated heterocycles. The van der Waals surface area contributed by atoms with Gasteiger partial charge in [0.25, 0.3) is 0 Å². The Kier molecular flexibility index (Phi) is 4.45. The van der Waals surface area contributed by atoms with Crippen LogP contribution in [0.25, 0.3) is 17.1 Å². The SMILES string of the molecule is COCCc1nnc2sc(/C=C/c3ccccc3OC)nn12. The van der Waals surface area contributed by atoms with Crippen molar-refractivity contribution in [3.05, 3.63) is 40.7 Å². The zero-order chi connectivity index (χ0) is 15.4. The number of fused-ring (bicyclic) bond motifs is 1. The summed E-state index contributed by atoms with van der Waals surface area (Å²) in [5, 5.41) is 13.6. The monoisotopic (exact) mass is 316 g/mol. The molecule has 114 valence electrons. The fourth-order valence-electron chi connectivity index (χ4n) is 2.05. The standard InChI is InChI=1S/C15H16N4O2S/c1-20-10-9-13-16-17-15-19(13)18-14(22-15)8-7-11-5-3-4-6-12(11)21-2/h3-8H,9-10H2,1-2H3/b8-7+. The number of ether oxygens (including phenoxy) is 2. The fourth-order valence-corrected chi connectivity index (χ4v) is 2.81. The maximum atomic E-state index is 5.33. The van der Waals surface area contributed by atoms with Gasteiger partial charge in [0.05, 0.1) is 13.7 Å². The molecule has 6 nitrogen and oxygen atoms in total. The minimum Gasteiger partial charge on any atom is -0.496 e. The molecule has 1 aromatic carbocycles. The third kappa shape index (κ3) is 3.00. The number of hydrogen-bond acceptors (Lipinski definition) is 6. The second-order valence-electron chi connectivity index (χ2n) is 4.57. The number of benzene rings is 1. The van der Waals surface area contributed by atoms with Gasteiger partial charge in [-0.1, -0.05) is 29.5 Å². The van der Waals surface area contributed by atoms with Gasteiger partial charge in [0.2, 0.25) is 4.96 Å². The summed E-state index contributed by atoms with van der Waals surface area (Å²) < 4.78 is 12.2. The quantitative estimate of drug-likeness (QED) is 0.699. The second kappa shape index (κ2) is 6.67. The van der Waals surface area contributed by atoms with Gasteiger partial charge in [0.1, 0.15) is 10.8 Å². The summed E-state index contributed by atoms with van der Waals surface area (Å²) in [4.78, 5) is 0.783. The second-order valence-corrected chi connectivity index (χ2v) is 5.56. The molecule has 2 aromatic heterocycles. The molecule has 0 radical (unpaired) electrons. The van der Waals surface area contributed by atoms with Gasteiger partial charge < -0.3 is 9.47 Å². The number of methoxy groups -OCH3 is 2. The number of nitrogens with zero attached hydrogens (tertiary/aromatic N) is 4. The largest absolute Gasteiger partial charge is 0.496 e. The maximum absolute atomic E-state index is 5.33. The summed E-state index contributed by atoms with van der Waals surface area (Å²) in [5.74, 6) is 1.65. The number of aromatic nitrogens is 4. The average molecular weight is 316 g/mol. The van der Waals surface area contributed by atoms with Crippen LogP contribution in [0.4, 0.5) is 0 Å². The van der Waals surface area contributed by atoms with E-state index >= 15 is 0 Å². The molecule has 0 saturated carbocycles. The Bertz CT molecular complexity index is 794. The third-order valence-corrected chi connectivity index (χ3v) is 4.01.